The van der Waals surface area contributed by atoms with Crippen molar-refractivity contribution in [2.24, 2.45) is 0 Å². The molecule has 0 aliphatic rings. The first kappa shape index (κ1) is 17.4. The molecule has 2 aromatic rings. The van der Waals surface area contributed by atoms with Crippen molar-refractivity contribution in [3.8, 4) is 0 Å². The SMILES string of the molecule is CS(=O)Cc1cccc(C(=O)NC(CCO)c2ccccc2)c1. The summed E-state index contributed by atoms with van der Waals surface area (Å²) in [5.41, 5.74) is 2.37. The number of benzene rings is 2. The number of hydrogen-bond donors (Lipinski definition) is 2. The zero-order chi connectivity index (χ0) is 16.7. The number of aliphatic hydroxyl groups is 1. The van der Waals surface area contributed by atoms with Gasteiger partial charge in [0.25, 0.3) is 5.91 Å². The van der Waals surface area contributed by atoms with E-state index in [0.717, 1.165) is 11.1 Å². The van der Waals surface area contributed by atoms with Crippen LogP contribution in [0.15, 0.2) is 54.6 Å². The van der Waals surface area contributed by atoms with Crippen LogP contribution in [0.1, 0.15) is 33.9 Å². The van der Waals surface area contributed by atoms with Crippen molar-refractivity contribution in [2.45, 2.75) is 18.2 Å². The molecule has 0 fully saturated rings. The molecule has 0 radical (unpaired) electrons. The summed E-state index contributed by atoms with van der Waals surface area (Å²) in [6.07, 6.45) is 2.09. The summed E-state index contributed by atoms with van der Waals surface area (Å²) in [6, 6.07) is 16.5. The molecule has 122 valence electrons. The fourth-order valence-corrected chi connectivity index (χ4v) is 3.06. The fraction of sp³-hybridized carbons (Fsp3) is 0.278. The van der Waals surface area contributed by atoms with E-state index < -0.39 is 10.8 Å². The lowest BCUT2D eigenvalue weighted by atomic mass is 10.0. The minimum absolute atomic E-state index is 0.00526. The van der Waals surface area contributed by atoms with Crippen LogP contribution in [0.3, 0.4) is 0 Å². The van der Waals surface area contributed by atoms with Crippen LogP contribution in [0.2, 0.25) is 0 Å². The van der Waals surface area contributed by atoms with Gasteiger partial charge in [-0.3, -0.25) is 9.00 Å². The highest BCUT2D eigenvalue weighted by Gasteiger charge is 2.15. The minimum Gasteiger partial charge on any atom is -0.396 e. The fourth-order valence-electron chi connectivity index (χ4n) is 2.42. The maximum absolute atomic E-state index is 12.5. The van der Waals surface area contributed by atoms with E-state index in [1.807, 2.05) is 36.4 Å². The summed E-state index contributed by atoms with van der Waals surface area (Å²) in [5, 5.41) is 12.2. The Morgan fingerprint density at radius 2 is 1.91 bits per heavy atom. The minimum atomic E-state index is -0.946. The summed E-state index contributed by atoms with van der Waals surface area (Å²) in [4.78, 5) is 12.5. The second kappa shape index (κ2) is 8.60. The van der Waals surface area contributed by atoms with Gasteiger partial charge in [0.2, 0.25) is 0 Å². The molecule has 1 amide bonds. The van der Waals surface area contributed by atoms with Crippen LogP contribution in [-0.4, -0.2) is 28.1 Å². The maximum atomic E-state index is 12.5. The highest BCUT2D eigenvalue weighted by atomic mass is 32.2. The van der Waals surface area contributed by atoms with Crippen molar-refractivity contribution in [3.05, 3.63) is 71.3 Å². The Morgan fingerprint density at radius 1 is 1.17 bits per heavy atom. The van der Waals surface area contributed by atoms with Crippen LogP contribution in [0.4, 0.5) is 0 Å². The molecular formula is C18H21NO3S. The number of carbonyl (C=O) groups excluding carboxylic acids is 1. The Hall–Kier alpha value is -1.98. The topological polar surface area (TPSA) is 66.4 Å². The van der Waals surface area contributed by atoms with Gasteiger partial charge in [0.15, 0.2) is 0 Å². The van der Waals surface area contributed by atoms with Gasteiger partial charge < -0.3 is 10.4 Å². The molecule has 2 unspecified atom stereocenters. The molecule has 4 nitrogen and oxygen atoms in total. The Morgan fingerprint density at radius 3 is 2.57 bits per heavy atom. The Balaban J connectivity index is 2.14. The van der Waals surface area contributed by atoms with Gasteiger partial charge in [-0.2, -0.15) is 0 Å². The number of carbonyl (C=O) groups is 1. The number of rotatable bonds is 7. The van der Waals surface area contributed by atoms with Gasteiger partial charge in [0.05, 0.1) is 6.04 Å². The average molecular weight is 331 g/mol. The van der Waals surface area contributed by atoms with Crippen molar-refractivity contribution >= 4 is 16.7 Å². The molecule has 0 aliphatic heterocycles. The molecular weight excluding hydrogens is 310 g/mol. The predicted octanol–water partition coefficient (Wildman–Crippen LogP) is 2.42. The normalized spacial score (nSPS) is 13.3. The molecule has 0 aromatic heterocycles. The van der Waals surface area contributed by atoms with Gasteiger partial charge in [0.1, 0.15) is 0 Å². The molecule has 2 rings (SSSR count). The lowest BCUT2D eigenvalue weighted by Gasteiger charge is -2.18. The maximum Gasteiger partial charge on any atom is 0.251 e. The first-order valence-corrected chi connectivity index (χ1v) is 9.18. The molecule has 0 saturated heterocycles. The van der Waals surface area contributed by atoms with Crippen molar-refractivity contribution in [1.82, 2.24) is 5.32 Å². The van der Waals surface area contributed by atoms with Crippen LogP contribution in [0.5, 0.6) is 0 Å². The van der Waals surface area contributed by atoms with Crippen LogP contribution in [-0.2, 0) is 16.6 Å². The number of hydrogen-bond acceptors (Lipinski definition) is 3. The summed E-state index contributed by atoms with van der Waals surface area (Å²) in [5.74, 6) is 0.232. The van der Waals surface area contributed by atoms with Crippen molar-refractivity contribution in [3.63, 3.8) is 0 Å². The molecule has 2 aromatic carbocycles. The van der Waals surface area contributed by atoms with Gasteiger partial charge >= 0.3 is 0 Å². The van der Waals surface area contributed by atoms with E-state index in [4.69, 9.17) is 0 Å². The molecule has 0 heterocycles. The second-order valence-electron chi connectivity index (χ2n) is 5.37. The molecule has 0 saturated carbocycles. The molecule has 0 bridgehead atoms. The third-order valence-corrected chi connectivity index (χ3v) is 4.22. The number of nitrogens with one attached hydrogen (secondary N) is 1. The third kappa shape index (κ3) is 5.30. The van der Waals surface area contributed by atoms with Crippen LogP contribution < -0.4 is 5.32 Å². The largest absolute Gasteiger partial charge is 0.396 e. The van der Waals surface area contributed by atoms with Crippen molar-refractivity contribution < 1.29 is 14.1 Å². The highest BCUT2D eigenvalue weighted by Crippen LogP contribution is 2.17. The van der Waals surface area contributed by atoms with Gasteiger partial charge in [-0.05, 0) is 29.7 Å². The smallest absolute Gasteiger partial charge is 0.251 e. The number of aliphatic hydroxyl groups excluding tert-OH is 1. The zero-order valence-electron chi connectivity index (χ0n) is 13.1. The Labute approximate surface area is 139 Å². The first-order valence-electron chi connectivity index (χ1n) is 7.46. The average Bonchev–Trinajstić information content (AvgIpc) is 2.55. The standard InChI is InChI=1S/C18H21NO3S/c1-23(22)13-14-6-5-9-16(12-14)18(21)19-17(10-11-20)15-7-3-2-4-8-15/h2-9,12,17,20H,10-11,13H2,1H3,(H,19,21). The molecule has 23 heavy (non-hydrogen) atoms. The molecule has 5 heteroatoms. The van der Waals surface area contributed by atoms with Gasteiger partial charge in [0, 0.05) is 35.0 Å². The molecule has 0 aliphatic carbocycles. The van der Waals surface area contributed by atoms with E-state index in [9.17, 15) is 14.1 Å². The Bertz CT molecular complexity index is 673. The Kier molecular flexibility index (Phi) is 6.50. The van der Waals surface area contributed by atoms with Gasteiger partial charge in [-0.1, -0.05) is 42.5 Å². The van der Waals surface area contributed by atoms with Crippen LogP contribution in [0.25, 0.3) is 0 Å². The molecule has 0 spiro atoms. The van der Waals surface area contributed by atoms with Crippen molar-refractivity contribution in [1.29, 1.82) is 0 Å². The van der Waals surface area contributed by atoms with E-state index in [1.54, 1.807) is 24.5 Å². The van der Waals surface area contributed by atoms with Crippen LogP contribution >= 0.6 is 0 Å². The quantitative estimate of drug-likeness (QED) is 0.819. The van der Waals surface area contributed by atoms with E-state index in [-0.39, 0.29) is 18.6 Å². The van der Waals surface area contributed by atoms with Crippen molar-refractivity contribution in [2.75, 3.05) is 12.9 Å². The van der Waals surface area contributed by atoms with Gasteiger partial charge in [-0.25, -0.2) is 0 Å². The predicted molar refractivity (Wildman–Crippen MR) is 92.6 cm³/mol. The summed E-state index contributed by atoms with van der Waals surface area (Å²) in [6.45, 7) is -0.00526. The summed E-state index contributed by atoms with van der Waals surface area (Å²) >= 11 is 0. The van der Waals surface area contributed by atoms with E-state index in [1.165, 1.54) is 0 Å². The second-order valence-corrected chi connectivity index (χ2v) is 6.80. The highest BCUT2D eigenvalue weighted by molar-refractivity contribution is 7.83. The number of amides is 1. The zero-order valence-corrected chi connectivity index (χ0v) is 13.9. The molecule has 2 atom stereocenters. The van der Waals surface area contributed by atoms with Gasteiger partial charge in [-0.15, -0.1) is 0 Å². The first-order chi connectivity index (χ1) is 11.1. The van der Waals surface area contributed by atoms with Crippen LogP contribution in [0, 0.1) is 0 Å². The van der Waals surface area contributed by atoms with E-state index >= 15 is 0 Å². The lowest BCUT2D eigenvalue weighted by Crippen LogP contribution is -2.29. The van der Waals surface area contributed by atoms with E-state index in [0.29, 0.717) is 17.7 Å². The molecule has 2 N–H and O–H groups in total. The summed E-state index contributed by atoms with van der Waals surface area (Å²) in [7, 11) is -0.946. The monoisotopic (exact) mass is 331 g/mol. The lowest BCUT2D eigenvalue weighted by molar-refractivity contribution is 0.0930. The summed E-state index contributed by atoms with van der Waals surface area (Å²) < 4.78 is 11.3. The third-order valence-electron chi connectivity index (χ3n) is 3.48. The van der Waals surface area contributed by atoms with E-state index in [2.05, 4.69) is 5.32 Å².